The maximum absolute atomic E-state index is 12.0. The van der Waals surface area contributed by atoms with Gasteiger partial charge in [0.05, 0.1) is 0 Å². The van der Waals surface area contributed by atoms with Gasteiger partial charge in [-0.3, -0.25) is 4.99 Å². The van der Waals surface area contributed by atoms with E-state index in [4.69, 9.17) is 0 Å². The lowest BCUT2D eigenvalue weighted by atomic mass is 10.3. The molecule has 0 saturated carbocycles. The summed E-state index contributed by atoms with van der Waals surface area (Å²) in [6.45, 7) is 6.27. The largest absolute Gasteiger partial charge is 0.433 e. The van der Waals surface area contributed by atoms with Crippen LogP contribution in [0.2, 0.25) is 0 Å². The summed E-state index contributed by atoms with van der Waals surface area (Å²) in [5.41, 5.74) is -0.413. The molecule has 4 heteroatoms. The summed E-state index contributed by atoms with van der Waals surface area (Å²) in [5.74, 6) is 0. The Morgan fingerprint density at radius 3 is 2.17 bits per heavy atom. The second-order valence-corrected chi connectivity index (χ2v) is 2.28. The number of hydrogen-bond acceptors (Lipinski definition) is 1. The fourth-order valence-electron chi connectivity index (χ4n) is 0.491. The number of rotatable bonds is 2. The van der Waals surface area contributed by atoms with Gasteiger partial charge in [-0.25, -0.2) is 0 Å². The average Bonchev–Trinajstić information content (AvgIpc) is 1.85. The van der Waals surface area contributed by atoms with Crippen molar-refractivity contribution in [3.05, 3.63) is 23.9 Å². The molecule has 0 saturated heterocycles. The van der Waals surface area contributed by atoms with E-state index in [-0.39, 0.29) is 0 Å². The van der Waals surface area contributed by atoms with Crippen LogP contribution in [-0.4, -0.2) is 12.4 Å². The Bertz CT molecular complexity index is 223. The molecule has 12 heavy (non-hydrogen) atoms. The van der Waals surface area contributed by atoms with E-state index in [1.165, 1.54) is 6.92 Å². The molecular weight excluding hydrogens is 167 g/mol. The van der Waals surface area contributed by atoms with Gasteiger partial charge in [-0.1, -0.05) is 12.7 Å². The molecule has 0 amide bonds. The number of aliphatic imine (C=N–C) groups is 1. The molecule has 0 atom stereocenters. The molecule has 0 aromatic carbocycles. The van der Waals surface area contributed by atoms with Gasteiger partial charge in [-0.2, -0.15) is 13.2 Å². The van der Waals surface area contributed by atoms with Crippen molar-refractivity contribution >= 4 is 6.21 Å². The van der Waals surface area contributed by atoms with Crippen molar-refractivity contribution in [2.45, 2.75) is 20.0 Å². The van der Waals surface area contributed by atoms with Crippen LogP contribution in [0.4, 0.5) is 13.2 Å². The quantitative estimate of drug-likeness (QED) is 0.574. The fourth-order valence-corrected chi connectivity index (χ4v) is 0.491. The first-order chi connectivity index (χ1) is 5.38. The second-order valence-electron chi connectivity index (χ2n) is 2.28. The summed E-state index contributed by atoms with van der Waals surface area (Å²) in [7, 11) is 0. The molecule has 0 bridgehead atoms. The van der Waals surface area contributed by atoms with Gasteiger partial charge in [0.25, 0.3) is 0 Å². The Labute approximate surface area is 69.3 Å². The van der Waals surface area contributed by atoms with Crippen molar-refractivity contribution in [2.75, 3.05) is 0 Å². The number of halogens is 3. The molecule has 0 N–H and O–H groups in total. The lowest BCUT2D eigenvalue weighted by Crippen LogP contribution is -2.09. The fraction of sp³-hybridized carbons (Fsp3) is 0.375. The first-order valence-corrected chi connectivity index (χ1v) is 3.31. The van der Waals surface area contributed by atoms with Gasteiger partial charge in [-0.05, 0) is 19.4 Å². The summed E-state index contributed by atoms with van der Waals surface area (Å²) in [4.78, 5) is 3.22. The molecule has 0 radical (unpaired) electrons. The van der Waals surface area contributed by atoms with Crippen molar-refractivity contribution < 1.29 is 13.2 Å². The zero-order valence-corrected chi connectivity index (χ0v) is 6.94. The molecule has 68 valence electrons. The monoisotopic (exact) mass is 177 g/mol. The van der Waals surface area contributed by atoms with E-state index in [2.05, 4.69) is 11.6 Å². The molecule has 0 aromatic heterocycles. The molecule has 0 heterocycles. The number of nitrogens with zero attached hydrogens (tertiary/aromatic N) is 1. The number of allylic oxidation sites excluding steroid dienone is 3. The second kappa shape index (κ2) is 4.09. The van der Waals surface area contributed by atoms with Crippen molar-refractivity contribution in [2.24, 2.45) is 4.99 Å². The van der Waals surface area contributed by atoms with Crippen LogP contribution in [0.25, 0.3) is 0 Å². The van der Waals surface area contributed by atoms with Crippen LogP contribution in [0.1, 0.15) is 13.8 Å². The topological polar surface area (TPSA) is 12.4 Å². The zero-order valence-electron chi connectivity index (χ0n) is 6.94. The first kappa shape index (κ1) is 10.9. The molecule has 0 aliphatic heterocycles. The Kier molecular flexibility index (Phi) is 3.73. The van der Waals surface area contributed by atoms with Crippen LogP contribution in [0, 0.1) is 0 Å². The van der Waals surface area contributed by atoms with Gasteiger partial charge in [-0.15, -0.1) is 0 Å². The molecule has 0 rings (SSSR count). The first-order valence-electron chi connectivity index (χ1n) is 3.31. The third-order valence-corrected chi connectivity index (χ3v) is 0.988. The van der Waals surface area contributed by atoms with E-state index in [1.807, 2.05) is 0 Å². The summed E-state index contributed by atoms with van der Waals surface area (Å²) < 4.78 is 35.9. The van der Waals surface area contributed by atoms with Gasteiger partial charge in [0.1, 0.15) is 5.70 Å². The Hall–Kier alpha value is -1.06. The lowest BCUT2D eigenvalue weighted by molar-refractivity contribution is -0.0923. The predicted molar refractivity (Wildman–Crippen MR) is 43.1 cm³/mol. The minimum absolute atomic E-state index is 0.485. The molecular formula is C8H10F3N. The van der Waals surface area contributed by atoms with Crippen LogP contribution in [-0.2, 0) is 0 Å². The molecule has 1 nitrogen and oxygen atoms in total. The minimum Gasteiger partial charge on any atom is -0.252 e. The van der Waals surface area contributed by atoms with E-state index in [0.717, 1.165) is 12.3 Å². The standard InChI is InChI=1S/C8H10F3N/c1-4-7(8(9,10)11)12-5-6(2)3/h4-5H,2H2,1,3H3/b7-4-,12-5?. The van der Waals surface area contributed by atoms with E-state index in [0.29, 0.717) is 5.57 Å². The zero-order chi connectivity index (χ0) is 9.78. The lowest BCUT2D eigenvalue weighted by Gasteiger charge is -2.04. The highest BCUT2D eigenvalue weighted by Gasteiger charge is 2.32. The van der Waals surface area contributed by atoms with Gasteiger partial charge in [0.15, 0.2) is 0 Å². The van der Waals surface area contributed by atoms with Crippen LogP contribution < -0.4 is 0 Å². The highest BCUT2D eigenvalue weighted by molar-refractivity contribution is 5.77. The maximum atomic E-state index is 12.0. The molecule has 0 spiro atoms. The molecule has 0 aromatic rings. The van der Waals surface area contributed by atoms with Crippen molar-refractivity contribution in [3.8, 4) is 0 Å². The van der Waals surface area contributed by atoms with E-state index >= 15 is 0 Å². The SMILES string of the molecule is C=C(C)C=N/C(=C\C)C(F)(F)F. The molecule has 0 aliphatic rings. The summed E-state index contributed by atoms with van der Waals surface area (Å²) in [6, 6.07) is 0. The average molecular weight is 177 g/mol. The number of alkyl halides is 3. The van der Waals surface area contributed by atoms with Crippen LogP contribution in [0.15, 0.2) is 28.9 Å². The Morgan fingerprint density at radius 2 is 1.92 bits per heavy atom. The van der Waals surface area contributed by atoms with Crippen LogP contribution >= 0.6 is 0 Å². The highest BCUT2D eigenvalue weighted by Crippen LogP contribution is 2.25. The summed E-state index contributed by atoms with van der Waals surface area (Å²) in [5, 5.41) is 0. The van der Waals surface area contributed by atoms with Crippen LogP contribution in [0.5, 0.6) is 0 Å². The van der Waals surface area contributed by atoms with Crippen molar-refractivity contribution in [1.29, 1.82) is 0 Å². The highest BCUT2D eigenvalue weighted by atomic mass is 19.4. The normalized spacial score (nSPS) is 13.9. The van der Waals surface area contributed by atoms with E-state index in [9.17, 15) is 13.2 Å². The third kappa shape index (κ3) is 3.95. The van der Waals surface area contributed by atoms with Gasteiger partial charge in [0.2, 0.25) is 0 Å². The van der Waals surface area contributed by atoms with E-state index < -0.39 is 11.9 Å². The predicted octanol–water partition coefficient (Wildman–Crippen LogP) is 3.10. The Balaban J connectivity index is 4.53. The smallest absolute Gasteiger partial charge is 0.252 e. The summed E-state index contributed by atoms with van der Waals surface area (Å²) in [6.07, 6.45) is -2.37. The maximum Gasteiger partial charge on any atom is 0.433 e. The van der Waals surface area contributed by atoms with Gasteiger partial charge < -0.3 is 0 Å². The van der Waals surface area contributed by atoms with E-state index in [1.54, 1.807) is 6.92 Å². The van der Waals surface area contributed by atoms with Crippen LogP contribution in [0.3, 0.4) is 0 Å². The van der Waals surface area contributed by atoms with Gasteiger partial charge in [0, 0.05) is 6.21 Å². The molecule has 0 fully saturated rings. The third-order valence-electron chi connectivity index (χ3n) is 0.988. The van der Waals surface area contributed by atoms with Gasteiger partial charge >= 0.3 is 6.18 Å². The van der Waals surface area contributed by atoms with Crippen molar-refractivity contribution in [3.63, 3.8) is 0 Å². The Morgan fingerprint density at radius 1 is 1.42 bits per heavy atom. The molecule has 0 aliphatic carbocycles. The number of hydrogen-bond donors (Lipinski definition) is 0. The summed E-state index contributed by atoms with van der Waals surface area (Å²) >= 11 is 0. The van der Waals surface area contributed by atoms with Crippen molar-refractivity contribution in [1.82, 2.24) is 0 Å². The minimum atomic E-state index is -4.37. The molecule has 0 unspecified atom stereocenters.